The molecule has 0 amide bonds. The van der Waals surface area contributed by atoms with E-state index in [2.05, 4.69) is 36.0 Å². The minimum absolute atomic E-state index is 0.415. The van der Waals surface area contributed by atoms with Crippen LogP contribution in [0.4, 0.5) is 0 Å². The van der Waals surface area contributed by atoms with E-state index in [4.69, 9.17) is 5.73 Å². The third kappa shape index (κ3) is 3.77. The Bertz CT molecular complexity index is 388. The Morgan fingerprint density at radius 1 is 1.47 bits per heavy atom. The Morgan fingerprint density at radius 3 is 2.84 bits per heavy atom. The van der Waals surface area contributed by atoms with Crippen LogP contribution >= 0.6 is 11.3 Å². The molecule has 1 fully saturated rings. The van der Waals surface area contributed by atoms with Gasteiger partial charge in [0.1, 0.15) is 0 Å². The SMILES string of the molecule is Cc1csc(C(CN)C2CCCCN2CC(C)C)n1. The van der Waals surface area contributed by atoms with E-state index in [1.54, 1.807) is 11.3 Å². The van der Waals surface area contributed by atoms with Gasteiger partial charge in [0.25, 0.3) is 0 Å². The number of aryl methyl sites for hydroxylation is 1. The van der Waals surface area contributed by atoms with E-state index in [1.807, 2.05) is 0 Å². The molecule has 0 aliphatic carbocycles. The Hall–Kier alpha value is -0.450. The molecule has 2 unspecified atom stereocenters. The van der Waals surface area contributed by atoms with Crippen LogP contribution in [-0.2, 0) is 0 Å². The van der Waals surface area contributed by atoms with Crippen LogP contribution in [0.1, 0.15) is 49.7 Å². The highest BCUT2D eigenvalue weighted by molar-refractivity contribution is 7.09. The average Bonchev–Trinajstić information content (AvgIpc) is 2.78. The summed E-state index contributed by atoms with van der Waals surface area (Å²) in [7, 11) is 0. The molecular formula is C15H27N3S. The van der Waals surface area contributed by atoms with Crippen LogP contribution in [0.2, 0.25) is 0 Å². The first-order chi connectivity index (χ1) is 9.11. The third-order valence-electron chi connectivity index (χ3n) is 3.94. The molecule has 1 aliphatic rings. The maximum Gasteiger partial charge on any atom is 0.0987 e. The Labute approximate surface area is 121 Å². The Balaban J connectivity index is 2.14. The summed E-state index contributed by atoms with van der Waals surface area (Å²) < 4.78 is 0. The second kappa shape index (κ2) is 6.82. The van der Waals surface area contributed by atoms with E-state index in [0.29, 0.717) is 18.5 Å². The lowest BCUT2D eigenvalue weighted by atomic mass is 9.90. The number of rotatable bonds is 5. The highest BCUT2D eigenvalue weighted by Crippen LogP contribution is 2.32. The molecule has 0 aromatic carbocycles. The summed E-state index contributed by atoms with van der Waals surface area (Å²) in [6.45, 7) is 9.80. The number of likely N-dealkylation sites (tertiary alicyclic amines) is 1. The van der Waals surface area contributed by atoms with Crippen LogP contribution in [0, 0.1) is 12.8 Å². The molecule has 1 aromatic heterocycles. The van der Waals surface area contributed by atoms with Crippen molar-refractivity contribution in [3.63, 3.8) is 0 Å². The van der Waals surface area contributed by atoms with Crippen LogP contribution in [0.15, 0.2) is 5.38 Å². The lowest BCUT2D eigenvalue weighted by molar-refractivity contribution is 0.112. The van der Waals surface area contributed by atoms with Crippen LogP contribution in [0.3, 0.4) is 0 Å². The molecule has 19 heavy (non-hydrogen) atoms. The monoisotopic (exact) mass is 281 g/mol. The minimum Gasteiger partial charge on any atom is -0.330 e. The van der Waals surface area contributed by atoms with E-state index in [1.165, 1.54) is 37.4 Å². The van der Waals surface area contributed by atoms with Gasteiger partial charge in [-0.25, -0.2) is 4.98 Å². The second-order valence-corrected chi connectivity index (χ2v) is 7.01. The van der Waals surface area contributed by atoms with Crippen LogP contribution in [0.25, 0.3) is 0 Å². The summed E-state index contributed by atoms with van der Waals surface area (Å²) in [4.78, 5) is 7.34. The number of hydrogen-bond donors (Lipinski definition) is 1. The van der Waals surface area contributed by atoms with Gasteiger partial charge in [0.05, 0.1) is 5.01 Å². The summed E-state index contributed by atoms with van der Waals surface area (Å²) in [6.07, 6.45) is 3.94. The number of nitrogens with two attached hydrogens (primary N) is 1. The van der Waals surface area contributed by atoms with Crippen LogP contribution < -0.4 is 5.73 Å². The molecule has 3 nitrogen and oxygen atoms in total. The van der Waals surface area contributed by atoms with Gasteiger partial charge in [0.2, 0.25) is 0 Å². The van der Waals surface area contributed by atoms with Crippen molar-refractivity contribution in [2.45, 2.75) is 52.0 Å². The lowest BCUT2D eigenvalue weighted by Crippen LogP contribution is -2.46. The van der Waals surface area contributed by atoms with E-state index in [0.717, 1.165) is 11.6 Å². The van der Waals surface area contributed by atoms with Crippen molar-refractivity contribution in [2.75, 3.05) is 19.6 Å². The summed E-state index contributed by atoms with van der Waals surface area (Å²) in [5.74, 6) is 1.13. The lowest BCUT2D eigenvalue weighted by Gasteiger charge is -2.40. The predicted molar refractivity (Wildman–Crippen MR) is 82.7 cm³/mol. The number of aromatic nitrogens is 1. The first-order valence-corrected chi connectivity index (χ1v) is 8.36. The topological polar surface area (TPSA) is 42.1 Å². The average molecular weight is 281 g/mol. The molecule has 0 spiro atoms. The van der Waals surface area contributed by atoms with Crippen molar-refractivity contribution in [2.24, 2.45) is 11.7 Å². The number of piperidine rings is 1. The van der Waals surface area contributed by atoms with E-state index in [-0.39, 0.29) is 0 Å². The van der Waals surface area contributed by atoms with Crippen molar-refractivity contribution in [1.29, 1.82) is 0 Å². The highest BCUT2D eigenvalue weighted by Gasteiger charge is 2.31. The molecule has 4 heteroatoms. The summed E-state index contributed by atoms with van der Waals surface area (Å²) in [6, 6.07) is 0.590. The molecule has 108 valence electrons. The molecule has 0 bridgehead atoms. The standard InChI is InChI=1S/C15H27N3S/c1-11(2)9-18-7-5-4-6-14(18)13(8-16)15-17-12(3)10-19-15/h10-11,13-14H,4-9,16H2,1-3H3. The molecule has 1 aliphatic heterocycles. The fraction of sp³-hybridized carbons (Fsp3) is 0.800. The first kappa shape index (κ1) is 14.9. The maximum atomic E-state index is 6.08. The molecule has 1 aromatic rings. The van der Waals surface area contributed by atoms with Crippen LogP contribution in [0.5, 0.6) is 0 Å². The minimum atomic E-state index is 0.415. The van der Waals surface area contributed by atoms with Gasteiger partial charge in [-0.3, -0.25) is 4.90 Å². The maximum absolute atomic E-state index is 6.08. The van der Waals surface area contributed by atoms with Crippen molar-refractivity contribution in [3.8, 4) is 0 Å². The van der Waals surface area contributed by atoms with Gasteiger partial charge >= 0.3 is 0 Å². The van der Waals surface area contributed by atoms with Gasteiger partial charge < -0.3 is 5.73 Å². The fourth-order valence-corrected chi connectivity index (χ4v) is 4.10. The van der Waals surface area contributed by atoms with Gasteiger partial charge in [0.15, 0.2) is 0 Å². The second-order valence-electron chi connectivity index (χ2n) is 6.12. The zero-order valence-electron chi connectivity index (χ0n) is 12.4. The number of hydrogen-bond acceptors (Lipinski definition) is 4. The predicted octanol–water partition coefficient (Wildman–Crippen LogP) is 3.00. The molecule has 0 radical (unpaired) electrons. The number of thiazole rings is 1. The Kier molecular flexibility index (Phi) is 5.37. The molecule has 0 saturated carbocycles. The summed E-state index contributed by atoms with van der Waals surface area (Å²) >= 11 is 1.78. The quantitative estimate of drug-likeness (QED) is 0.902. The van der Waals surface area contributed by atoms with Crippen molar-refractivity contribution >= 4 is 11.3 Å². The van der Waals surface area contributed by atoms with Gasteiger partial charge in [-0.15, -0.1) is 11.3 Å². The highest BCUT2D eigenvalue weighted by atomic mass is 32.1. The van der Waals surface area contributed by atoms with Gasteiger partial charge in [0, 0.05) is 36.1 Å². The zero-order valence-corrected chi connectivity index (χ0v) is 13.2. The summed E-state index contributed by atoms with van der Waals surface area (Å²) in [5.41, 5.74) is 7.21. The van der Waals surface area contributed by atoms with Gasteiger partial charge in [-0.1, -0.05) is 20.3 Å². The van der Waals surface area contributed by atoms with Crippen molar-refractivity contribution < 1.29 is 0 Å². The molecule has 2 rings (SSSR count). The van der Waals surface area contributed by atoms with Gasteiger partial charge in [-0.2, -0.15) is 0 Å². The third-order valence-corrected chi connectivity index (χ3v) is 5.03. The smallest absolute Gasteiger partial charge is 0.0987 e. The van der Waals surface area contributed by atoms with E-state index in [9.17, 15) is 0 Å². The molecular weight excluding hydrogens is 254 g/mol. The molecule has 2 heterocycles. The van der Waals surface area contributed by atoms with Crippen LogP contribution in [-0.4, -0.2) is 35.6 Å². The van der Waals surface area contributed by atoms with E-state index >= 15 is 0 Å². The zero-order chi connectivity index (χ0) is 13.8. The normalized spacial score (nSPS) is 22.9. The first-order valence-electron chi connectivity index (χ1n) is 7.48. The molecule has 2 N–H and O–H groups in total. The number of nitrogens with zero attached hydrogens (tertiary/aromatic N) is 2. The Morgan fingerprint density at radius 2 is 2.26 bits per heavy atom. The van der Waals surface area contributed by atoms with Crippen molar-refractivity contribution in [1.82, 2.24) is 9.88 Å². The molecule has 1 saturated heterocycles. The van der Waals surface area contributed by atoms with E-state index < -0.39 is 0 Å². The van der Waals surface area contributed by atoms with Gasteiger partial charge in [-0.05, 0) is 32.2 Å². The fourth-order valence-electron chi connectivity index (χ4n) is 3.13. The summed E-state index contributed by atoms with van der Waals surface area (Å²) in [5, 5.41) is 3.38. The largest absolute Gasteiger partial charge is 0.330 e. The molecule has 2 atom stereocenters. The van der Waals surface area contributed by atoms with Crippen molar-refractivity contribution in [3.05, 3.63) is 16.1 Å².